The Morgan fingerprint density at radius 2 is 2.12 bits per heavy atom. The summed E-state index contributed by atoms with van der Waals surface area (Å²) in [6.07, 6.45) is 3.59. The summed E-state index contributed by atoms with van der Waals surface area (Å²) in [5, 5.41) is 5.90. The van der Waals surface area contributed by atoms with Gasteiger partial charge in [-0.25, -0.2) is 14.2 Å². The number of methoxy groups -OCH3 is 1. The molecule has 2 heterocycles. The van der Waals surface area contributed by atoms with Gasteiger partial charge in [0.2, 0.25) is 0 Å². The zero-order valence-electron chi connectivity index (χ0n) is 19.6. The number of aromatic nitrogens is 2. The summed E-state index contributed by atoms with van der Waals surface area (Å²) >= 11 is 0. The van der Waals surface area contributed by atoms with Gasteiger partial charge in [-0.3, -0.25) is 4.79 Å². The number of halogens is 1. The van der Waals surface area contributed by atoms with Gasteiger partial charge in [0.25, 0.3) is 5.91 Å². The van der Waals surface area contributed by atoms with E-state index in [2.05, 4.69) is 15.4 Å². The van der Waals surface area contributed by atoms with Crippen LogP contribution in [0, 0.1) is 5.82 Å². The third-order valence-corrected chi connectivity index (χ3v) is 6.17. The van der Waals surface area contributed by atoms with Gasteiger partial charge in [0.05, 0.1) is 25.5 Å². The summed E-state index contributed by atoms with van der Waals surface area (Å²) in [5.41, 5.74) is 1.55. The molecule has 10 heteroatoms. The SMILES string of the molecule is COC(=O)NCCCn1cc([C@@H](C)N(C(=O)[C@H]2CNCCO2)C2CC2)nc1-c1ccc(F)cc1. The number of hydrogen-bond donors (Lipinski definition) is 2. The molecule has 2 fully saturated rings. The average molecular weight is 474 g/mol. The zero-order valence-corrected chi connectivity index (χ0v) is 19.6. The van der Waals surface area contributed by atoms with Crippen LogP contribution in [0.25, 0.3) is 11.4 Å². The highest BCUT2D eigenvalue weighted by Gasteiger charge is 2.40. The summed E-state index contributed by atoms with van der Waals surface area (Å²) in [7, 11) is 1.33. The number of aryl methyl sites for hydroxylation is 1. The van der Waals surface area contributed by atoms with Gasteiger partial charge in [0, 0.05) is 44.0 Å². The van der Waals surface area contributed by atoms with Crippen molar-refractivity contribution in [1.29, 1.82) is 0 Å². The first kappa shape index (κ1) is 24.2. The fourth-order valence-electron chi connectivity index (χ4n) is 4.22. The lowest BCUT2D eigenvalue weighted by atomic mass is 10.1. The number of amides is 2. The number of imidazole rings is 1. The Kier molecular flexibility index (Phi) is 7.79. The van der Waals surface area contributed by atoms with Crippen molar-refractivity contribution >= 4 is 12.0 Å². The van der Waals surface area contributed by atoms with Crippen LogP contribution in [0.15, 0.2) is 30.5 Å². The molecule has 1 saturated carbocycles. The minimum atomic E-state index is -0.486. The maximum atomic E-state index is 13.5. The topological polar surface area (TPSA) is 97.7 Å². The van der Waals surface area contributed by atoms with E-state index in [1.807, 2.05) is 22.6 Å². The smallest absolute Gasteiger partial charge is 0.406 e. The third kappa shape index (κ3) is 5.74. The first-order valence-corrected chi connectivity index (χ1v) is 11.8. The quantitative estimate of drug-likeness (QED) is 0.543. The van der Waals surface area contributed by atoms with Gasteiger partial charge in [0.15, 0.2) is 0 Å². The summed E-state index contributed by atoms with van der Waals surface area (Å²) in [6, 6.07) is 6.16. The summed E-state index contributed by atoms with van der Waals surface area (Å²) in [4.78, 5) is 31.5. The van der Waals surface area contributed by atoms with Crippen LogP contribution in [0.1, 0.15) is 37.9 Å². The van der Waals surface area contributed by atoms with E-state index in [4.69, 9.17) is 9.72 Å². The molecule has 1 aromatic heterocycles. The van der Waals surface area contributed by atoms with E-state index in [0.29, 0.717) is 38.5 Å². The van der Waals surface area contributed by atoms with Crippen molar-refractivity contribution in [1.82, 2.24) is 25.1 Å². The Morgan fingerprint density at radius 1 is 1.35 bits per heavy atom. The fourth-order valence-corrected chi connectivity index (χ4v) is 4.22. The number of ether oxygens (including phenoxy) is 2. The van der Waals surface area contributed by atoms with E-state index in [1.165, 1.54) is 19.2 Å². The monoisotopic (exact) mass is 473 g/mol. The van der Waals surface area contributed by atoms with Crippen LogP contribution in [-0.2, 0) is 20.8 Å². The van der Waals surface area contributed by atoms with Gasteiger partial charge in [0.1, 0.15) is 17.7 Å². The first-order chi connectivity index (χ1) is 16.5. The second-order valence-corrected chi connectivity index (χ2v) is 8.68. The number of benzene rings is 1. The van der Waals surface area contributed by atoms with Crippen molar-refractivity contribution in [3.63, 3.8) is 0 Å². The maximum absolute atomic E-state index is 13.5. The molecule has 2 atom stereocenters. The van der Waals surface area contributed by atoms with Crippen LogP contribution in [-0.4, -0.2) is 71.9 Å². The Balaban J connectivity index is 1.56. The molecule has 0 spiro atoms. The Labute approximate surface area is 198 Å². The number of hydrogen-bond acceptors (Lipinski definition) is 6. The van der Waals surface area contributed by atoms with Crippen LogP contribution < -0.4 is 10.6 Å². The Bertz CT molecular complexity index is 986. The highest BCUT2D eigenvalue weighted by atomic mass is 19.1. The number of alkyl carbamates (subject to hydrolysis) is 1. The molecule has 0 radical (unpaired) electrons. The van der Waals surface area contributed by atoms with Crippen molar-refractivity contribution in [3.05, 3.63) is 42.0 Å². The lowest BCUT2D eigenvalue weighted by Crippen LogP contribution is -2.50. The molecule has 0 unspecified atom stereocenters. The van der Waals surface area contributed by atoms with Crippen LogP contribution in [0.3, 0.4) is 0 Å². The summed E-state index contributed by atoms with van der Waals surface area (Å²) in [6.45, 7) is 4.80. The molecule has 0 bridgehead atoms. The third-order valence-electron chi connectivity index (χ3n) is 6.17. The van der Waals surface area contributed by atoms with Gasteiger partial charge in [-0.1, -0.05) is 0 Å². The molecule has 9 nitrogen and oxygen atoms in total. The van der Waals surface area contributed by atoms with Gasteiger partial charge >= 0.3 is 6.09 Å². The van der Waals surface area contributed by atoms with E-state index < -0.39 is 12.2 Å². The predicted octanol–water partition coefficient (Wildman–Crippen LogP) is 2.48. The molecule has 34 heavy (non-hydrogen) atoms. The fraction of sp³-hybridized carbons (Fsp3) is 0.542. The number of nitrogens with zero attached hydrogens (tertiary/aromatic N) is 3. The molecule has 1 aromatic carbocycles. The van der Waals surface area contributed by atoms with E-state index >= 15 is 0 Å². The Morgan fingerprint density at radius 3 is 2.76 bits per heavy atom. The molecule has 184 valence electrons. The average Bonchev–Trinajstić information content (AvgIpc) is 3.60. The normalized spacial score (nSPS) is 18.9. The van der Waals surface area contributed by atoms with Gasteiger partial charge in [-0.2, -0.15) is 0 Å². The van der Waals surface area contributed by atoms with Gasteiger partial charge < -0.3 is 29.6 Å². The highest BCUT2D eigenvalue weighted by molar-refractivity contribution is 5.82. The molecule has 4 rings (SSSR count). The number of morpholine rings is 1. The molecule has 2 aliphatic rings. The molecule has 1 aliphatic heterocycles. The van der Waals surface area contributed by atoms with Crippen molar-refractivity contribution < 1.29 is 23.5 Å². The Hall–Kier alpha value is -2.98. The molecule has 1 aliphatic carbocycles. The summed E-state index contributed by atoms with van der Waals surface area (Å²) in [5.74, 6) is 0.366. The van der Waals surface area contributed by atoms with Crippen LogP contribution >= 0.6 is 0 Å². The predicted molar refractivity (Wildman–Crippen MR) is 124 cm³/mol. The molecule has 2 aromatic rings. The van der Waals surface area contributed by atoms with Gasteiger partial charge in [-0.05, 0) is 50.5 Å². The second kappa shape index (κ2) is 11.0. The maximum Gasteiger partial charge on any atom is 0.406 e. The van der Waals surface area contributed by atoms with Crippen molar-refractivity contribution in [2.24, 2.45) is 0 Å². The number of carbonyl (C=O) groups excluding carboxylic acids is 2. The molecule has 1 saturated heterocycles. The molecular formula is C24H32FN5O4. The van der Waals surface area contributed by atoms with Crippen LogP contribution in [0.2, 0.25) is 0 Å². The first-order valence-electron chi connectivity index (χ1n) is 11.8. The minimum absolute atomic E-state index is 0.0117. The number of nitrogens with one attached hydrogen (secondary N) is 2. The molecular weight excluding hydrogens is 441 g/mol. The van der Waals surface area contributed by atoms with E-state index in [0.717, 1.165) is 30.6 Å². The van der Waals surface area contributed by atoms with E-state index in [9.17, 15) is 14.0 Å². The number of carbonyl (C=O) groups is 2. The van der Waals surface area contributed by atoms with Gasteiger partial charge in [-0.15, -0.1) is 0 Å². The van der Waals surface area contributed by atoms with E-state index in [-0.39, 0.29) is 23.8 Å². The largest absolute Gasteiger partial charge is 0.453 e. The zero-order chi connectivity index (χ0) is 24.1. The summed E-state index contributed by atoms with van der Waals surface area (Å²) < 4.78 is 25.9. The molecule has 2 amide bonds. The highest BCUT2D eigenvalue weighted by Crippen LogP contribution is 2.36. The van der Waals surface area contributed by atoms with Crippen molar-refractivity contribution in [2.45, 2.75) is 50.9 Å². The molecule has 2 N–H and O–H groups in total. The lowest BCUT2D eigenvalue weighted by Gasteiger charge is -2.33. The van der Waals surface area contributed by atoms with Crippen LogP contribution in [0.5, 0.6) is 0 Å². The standard InChI is InChI=1S/C24H32FN5O4/c1-16(30(19-8-9-19)23(31)21-14-26-11-13-34-21)20-15-29(12-3-10-27-24(32)33-2)22(28-20)17-4-6-18(25)7-5-17/h4-7,15-16,19,21,26H,3,8-14H2,1-2H3,(H,27,32)/t16-,21-/m1/s1. The minimum Gasteiger partial charge on any atom is -0.453 e. The van der Waals surface area contributed by atoms with Crippen molar-refractivity contribution in [2.75, 3.05) is 33.4 Å². The second-order valence-electron chi connectivity index (χ2n) is 8.68. The lowest BCUT2D eigenvalue weighted by molar-refractivity contribution is -0.148. The van der Waals surface area contributed by atoms with Crippen molar-refractivity contribution in [3.8, 4) is 11.4 Å². The van der Waals surface area contributed by atoms with E-state index in [1.54, 1.807) is 12.1 Å². The number of rotatable bonds is 9. The van der Waals surface area contributed by atoms with Crippen LogP contribution in [0.4, 0.5) is 9.18 Å².